The predicted molar refractivity (Wildman–Crippen MR) is 93.5 cm³/mol. The van der Waals surface area contributed by atoms with E-state index in [0.29, 0.717) is 12.8 Å². The number of carboxylic acids is 1. The van der Waals surface area contributed by atoms with E-state index in [1.165, 1.54) is 24.3 Å². The van der Waals surface area contributed by atoms with Crippen LogP contribution in [0.3, 0.4) is 0 Å². The van der Waals surface area contributed by atoms with E-state index in [2.05, 4.69) is 4.18 Å². The molecule has 142 valence electrons. The quantitative estimate of drug-likeness (QED) is 0.532. The van der Waals surface area contributed by atoms with Crippen LogP contribution in [0.1, 0.15) is 35.7 Å². The molecular weight excluding hydrogens is 384 g/mol. The predicted octanol–water partition coefficient (Wildman–Crippen LogP) is 2.46. The molecule has 0 spiro atoms. The Hall–Kier alpha value is -2.01. The fourth-order valence-corrected chi connectivity index (χ4v) is 5.32. The van der Waals surface area contributed by atoms with Crippen molar-refractivity contribution in [1.82, 2.24) is 0 Å². The van der Waals surface area contributed by atoms with Gasteiger partial charge in [0.2, 0.25) is 0 Å². The van der Waals surface area contributed by atoms with Gasteiger partial charge >= 0.3 is 5.97 Å². The first-order valence-electron chi connectivity index (χ1n) is 7.65. The van der Waals surface area contributed by atoms with Crippen LogP contribution in [0.25, 0.3) is 10.8 Å². The average molecular weight is 402 g/mol. The number of hydrogen-bond donors (Lipinski definition) is 2. The molecule has 2 aromatic carbocycles. The molecule has 2 N–H and O–H groups in total. The molecule has 0 saturated heterocycles. The van der Waals surface area contributed by atoms with Crippen LogP contribution in [0.4, 0.5) is 0 Å². The second-order valence-corrected chi connectivity index (χ2v) is 8.57. The zero-order valence-electron chi connectivity index (χ0n) is 14.1. The van der Waals surface area contributed by atoms with Crippen LogP contribution in [0.5, 0.6) is 0 Å². The maximum atomic E-state index is 12.4. The third-order valence-corrected chi connectivity index (χ3v) is 6.40. The van der Waals surface area contributed by atoms with Gasteiger partial charge in [-0.25, -0.2) is 4.79 Å². The highest BCUT2D eigenvalue weighted by Crippen LogP contribution is 2.38. The van der Waals surface area contributed by atoms with Gasteiger partial charge in [-0.3, -0.25) is 8.74 Å². The van der Waals surface area contributed by atoms with E-state index in [1.54, 1.807) is 6.92 Å². The van der Waals surface area contributed by atoms with Crippen LogP contribution < -0.4 is 0 Å². The van der Waals surface area contributed by atoms with Crippen molar-refractivity contribution < 1.29 is 35.5 Å². The van der Waals surface area contributed by atoms with E-state index in [0.717, 1.165) is 7.11 Å². The van der Waals surface area contributed by atoms with Crippen molar-refractivity contribution in [3.63, 3.8) is 0 Å². The molecule has 2 aromatic rings. The molecule has 0 aliphatic carbocycles. The lowest BCUT2D eigenvalue weighted by atomic mass is 9.95. The minimum absolute atomic E-state index is 0.0374. The minimum atomic E-state index is -5.06. The highest BCUT2D eigenvalue weighted by Gasteiger charge is 2.35. The van der Waals surface area contributed by atoms with Gasteiger partial charge < -0.3 is 5.11 Å². The molecule has 0 saturated carbocycles. The standard InChI is InChI=1S/C16H18O8S2/c1-3-4-7-12-13(16(17)18)10-8-5-6-9-11(10)15(26(22,23)24-2)14(12)25(19,20)21/h5-6,8-9H,3-4,7H2,1-2H3,(H,17,18)(H,19,20,21). The Morgan fingerprint density at radius 3 is 2.12 bits per heavy atom. The third-order valence-electron chi connectivity index (χ3n) is 3.94. The summed E-state index contributed by atoms with van der Waals surface area (Å²) in [5.41, 5.74) is -0.604. The number of benzene rings is 2. The molecule has 2 rings (SSSR count). The van der Waals surface area contributed by atoms with Crippen LogP contribution in [0.2, 0.25) is 0 Å². The van der Waals surface area contributed by atoms with Crippen LogP contribution in [0.15, 0.2) is 34.1 Å². The third kappa shape index (κ3) is 3.58. The summed E-state index contributed by atoms with van der Waals surface area (Å²) in [4.78, 5) is 10.2. The van der Waals surface area contributed by atoms with E-state index >= 15 is 0 Å². The summed E-state index contributed by atoms with van der Waals surface area (Å²) in [5.74, 6) is -1.42. The number of unbranched alkanes of at least 4 members (excludes halogenated alkanes) is 1. The van der Waals surface area contributed by atoms with Gasteiger partial charge in [-0.05, 0) is 23.8 Å². The first-order chi connectivity index (χ1) is 12.1. The van der Waals surface area contributed by atoms with E-state index in [-0.39, 0.29) is 28.3 Å². The molecule has 0 heterocycles. The average Bonchev–Trinajstić information content (AvgIpc) is 2.56. The molecule has 0 aromatic heterocycles. The second-order valence-electron chi connectivity index (χ2n) is 5.56. The van der Waals surface area contributed by atoms with Gasteiger partial charge in [0.15, 0.2) is 0 Å². The van der Waals surface area contributed by atoms with Crippen LogP contribution in [-0.2, 0) is 30.8 Å². The van der Waals surface area contributed by atoms with Crippen molar-refractivity contribution in [1.29, 1.82) is 0 Å². The van der Waals surface area contributed by atoms with Gasteiger partial charge in [0.1, 0.15) is 9.79 Å². The molecule has 0 bridgehead atoms. The SMILES string of the molecule is CCCCc1c(S(=O)(=O)O)c(S(=O)(=O)OC)c2ccccc2c1C(=O)O. The Labute approximate surface area is 151 Å². The molecule has 0 atom stereocenters. The Balaban J connectivity index is 3.24. The van der Waals surface area contributed by atoms with Crippen molar-refractivity contribution in [2.45, 2.75) is 36.0 Å². The van der Waals surface area contributed by atoms with Crippen molar-refractivity contribution in [3.8, 4) is 0 Å². The Kier molecular flexibility index (Phi) is 5.71. The molecular formula is C16H18O8S2. The largest absolute Gasteiger partial charge is 0.478 e. The molecule has 10 heteroatoms. The minimum Gasteiger partial charge on any atom is -0.478 e. The van der Waals surface area contributed by atoms with E-state index in [9.17, 15) is 31.3 Å². The topological polar surface area (TPSA) is 135 Å². The molecule has 0 aliphatic heterocycles. The fraction of sp³-hybridized carbons (Fsp3) is 0.312. The maximum Gasteiger partial charge on any atom is 0.336 e. The Morgan fingerprint density at radius 1 is 1.08 bits per heavy atom. The van der Waals surface area contributed by atoms with Crippen molar-refractivity contribution >= 4 is 37.0 Å². The maximum absolute atomic E-state index is 12.4. The summed E-state index contributed by atoms with van der Waals surface area (Å²) in [6, 6.07) is 5.60. The van der Waals surface area contributed by atoms with Gasteiger partial charge in [-0.15, -0.1) is 0 Å². The monoisotopic (exact) mass is 402 g/mol. The summed E-state index contributed by atoms with van der Waals surface area (Å²) < 4.78 is 63.2. The first kappa shape index (κ1) is 20.3. The summed E-state index contributed by atoms with van der Waals surface area (Å²) in [5, 5.41) is 9.54. The molecule has 0 aliphatic rings. The summed E-state index contributed by atoms with van der Waals surface area (Å²) in [6.45, 7) is 1.81. The van der Waals surface area contributed by atoms with Gasteiger partial charge in [-0.1, -0.05) is 37.6 Å². The Morgan fingerprint density at radius 2 is 1.65 bits per heavy atom. The van der Waals surface area contributed by atoms with Crippen LogP contribution >= 0.6 is 0 Å². The van der Waals surface area contributed by atoms with Gasteiger partial charge in [0.25, 0.3) is 20.2 Å². The number of carboxylic acid groups (broad SMARTS) is 1. The van der Waals surface area contributed by atoms with Crippen molar-refractivity contribution in [3.05, 3.63) is 35.4 Å². The molecule has 8 nitrogen and oxygen atoms in total. The first-order valence-corrected chi connectivity index (χ1v) is 10.5. The fourth-order valence-electron chi connectivity index (χ4n) is 2.88. The van der Waals surface area contributed by atoms with E-state index < -0.39 is 36.0 Å². The summed E-state index contributed by atoms with van der Waals surface area (Å²) >= 11 is 0. The number of fused-ring (bicyclic) bond motifs is 1. The lowest BCUT2D eigenvalue weighted by Crippen LogP contribution is -2.18. The van der Waals surface area contributed by atoms with Gasteiger partial charge in [-0.2, -0.15) is 16.8 Å². The van der Waals surface area contributed by atoms with E-state index in [4.69, 9.17) is 0 Å². The summed E-state index contributed by atoms with van der Waals surface area (Å²) in [7, 11) is -8.76. The molecule has 0 radical (unpaired) electrons. The van der Waals surface area contributed by atoms with Gasteiger partial charge in [0, 0.05) is 5.39 Å². The zero-order valence-corrected chi connectivity index (χ0v) is 15.7. The van der Waals surface area contributed by atoms with Crippen molar-refractivity contribution in [2.75, 3.05) is 7.11 Å². The van der Waals surface area contributed by atoms with Crippen LogP contribution in [-0.4, -0.2) is 39.6 Å². The Bertz CT molecular complexity index is 1070. The van der Waals surface area contributed by atoms with Crippen molar-refractivity contribution in [2.24, 2.45) is 0 Å². The molecule has 0 amide bonds. The van der Waals surface area contributed by atoms with Gasteiger partial charge in [0.05, 0.1) is 12.7 Å². The normalized spacial score (nSPS) is 12.4. The number of aromatic carboxylic acids is 1. The number of hydrogen-bond acceptors (Lipinski definition) is 6. The second kappa shape index (κ2) is 7.31. The molecule has 0 unspecified atom stereocenters. The number of carbonyl (C=O) groups is 1. The number of rotatable bonds is 7. The smallest absolute Gasteiger partial charge is 0.336 e. The molecule has 26 heavy (non-hydrogen) atoms. The lowest BCUT2D eigenvalue weighted by Gasteiger charge is -2.18. The zero-order chi connectivity index (χ0) is 19.7. The summed E-state index contributed by atoms with van der Waals surface area (Å²) in [6.07, 6.45) is 0.959. The molecule has 0 fully saturated rings. The lowest BCUT2D eigenvalue weighted by molar-refractivity contribution is 0.0697. The van der Waals surface area contributed by atoms with Crippen LogP contribution in [0, 0.1) is 0 Å². The van der Waals surface area contributed by atoms with E-state index in [1.807, 2.05) is 0 Å². The highest BCUT2D eigenvalue weighted by molar-refractivity contribution is 7.89. The highest BCUT2D eigenvalue weighted by atomic mass is 32.2.